The molecule has 0 aromatic heterocycles. The van der Waals surface area contributed by atoms with Crippen LogP contribution in [0.25, 0.3) is 0 Å². The molecular weight excluding hydrogens is 326 g/mol. The smallest absolute Gasteiger partial charge is 0.335 e. The lowest BCUT2D eigenvalue weighted by molar-refractivity contribution is -0.134. The number of piperidine rings is 1. The number of benzene rings is 1. The Bertz CT molecular complexity index is 559. The van der Waals surface area contributed by atoms with Crippen LogP contribution in [0.1, 0.15) is 70.8 Å². The fourth-order valence-electron chi connectivity index (χ4n) is 3.10. The number of nitrogens with zero attached hydrogens (tertiary/aromatic N) is 1. The van der Waals surface area contributed by atoms with Gasteiger partial charge in [-0.1, -0.05) is 52.3 Å². The molecule has 1 amide bonds. The molecule has 0 aliphatic carbocycles. The topological polar surface area (TPSA) is 46.6 Å². The maximum Gasteiger partial charge on any atom is 0.335 e. The average Bonchev–Trinajstić information content (AvgIpc) is 2.71. The number of ether oxygens (including phenoxy) is 1. The molecular formula is C22H33NO3. The maximum atomic E-state index is 12.9. The van der Waals surface area contributed by atoms with E-state index in [9.17, 15) is 9.59 Å². The van der Waals surface area contributed by atoms with Crippen molar-refractivity contribution in [2.75, 3.05) is 13.1 Å². The second kappa shape index (κ2) is 12.3. The summed E-state index contributed by atoms with van der Waals surface area (Å²) in [6.45, 7) is 11.3. The highest BCUT2D eigenvalue weighted by atomic mass is 16.5. The summed E-state index contributed by atoms with van der Waals surface area (Å²) in [5.74, 6) is 0.129. The number of hydrogen-bond acceptors (Lipinski definition) is 3. The van der Waals surface area contributed by atoms with E-state index in [-0.39, 0.29) is 11.8 Å². The van der Waals surface area contributed by atoms with Crippen molar-refractivity contribution >= 4 is 11.9 Å². The zero-order chi connectivity index (χ0) is 19.4. The average molecular weight is 360 g/mol. The first-order valence-electron chi connectivity index (χ1n) is 9.88. The van der Waals surface area contributed by atoms with Gasteiger partial charge in [0.1, 0.15) is 5.75 Å². The van der Waals surface area contributed by atoms with Crippen LogP contribution in [0.15, 0.2) is 36.9 Å². The summed E-state index contributed by atoms with van der Waals surface area (Å²) in [6.07, 6.45) is 7.50. The van der Waals surface area contributed by atoms with Crippen molar-refractivity contribution in [3.8, 4) is 5.75 Å². The molecule has 1 aromatic rings. The third-order valence-corrected chi connectivity index (χ3v) is 4.48. The fraction of sp³-hybridized carbons (Fsp3) is 0.545. The molecule has 2 rings (SSSR count). The summed E-state index contributed by atoms with van der Waals surface area (Å²) >= 11 is 0. The van der Waals surface area contributed by atoms with Gasteiger partial charge in [-0.15, -0.1) is 0 Å². The number of carbonyl (C=O) groups is 2. The van der Waals surface area contributed by atoms with Crippen LogP contribution in [0.4, 0.5) is 0 Å². The number of esters is 1. The zero-order valence-corrected chi connectivity index (χ0v) is 16.5. The van der Waals surface area contributed by atoms with Gasteiger partial charge < -0.3 is 9.64 Å². The summed E-state index contributed by atoms with van der Waals surface area (Å²) < 4.78 is 5.10. The van der Waals surface area contributed by atoms with E-state index < -0.39 is 5.97 Å². The Morgan fingerprint density at radius 1 is 1.15 bits per heavy atom. The number of rotatable bonds is 7. The minimum absolute atomic E-state index is 0.104. The Kier molecular flexibility index (Phi) is 10.4. The molecule has 1 unspecified atom stereocenters. The van der Waals surface area contributed by atoms with Gasteiger partial charge in [-0.3, -0.25) is 4.79 Å². The molecule has 1 atom stereocenters. The van der Waals surface area contributed by atoms with Crippen LogP contribution >= 0.6 is 0 Å². The van der Waals surface area contributed by atoms with Crippen molar-refractivity contribution in [1.29, 1.82) is 0 Å². The van der Waals surface area contributed by atoms with E-state index in [2.05, 4.69) is 13.5 Å². The number of likely N-dealkylation sites (tertiary alicyclic amines) is 1. The van der Waals surface area contributed by atoms with Crippen LogP contribution in [0, 0.1) is 0 Å². The zero-order valence-electron chi connectivity index (χ0n) is 16.5. The van der Waals surface area contributed by atoms with E-state index in [1.807, 2.05) is 30.9 Å². The van der Waals surface area contributed by atoms with E-state index in [0.717, 1.165) is 56.8 Å². The number of unbranched alkanes of at least 4 members (excludes halogenated alkanes) is 1. The van der Waals surface area contributed by atoms with Crippen LogP contribution in [0.3, 0.4) is 0 Å². The van der Waals surface area contributed by atoms with Gasteiger partial charge in [-0.05, 0) is 43.4 Å². The van der Waals surface area contributed by atoms with Crippen molar-refractivity contribution in [1.82, 2.24) is 4.90 Å². The van der Waals surface area contributed by atoms with Crippen LogP contribution in [-0.4, -0.2) is 29.9 Å². The lowest BCUT2D eigenvalue weighted by Crippen LogP contribution is -2.38. The minimum Gasteiger partial charge on any atom is -0.423 e. The molecule has 1 aromatic carbocycles. The molecule has 1 aliphatic rings. The SMILES string of the molecule is C=CC(=O)Oc1ccc(C(CCCC)C(=O)N2CCCCC2)cc1.CC. The van der Waals surface area contributed by atoms with Gasteiger partial charge in [-0.2, -0.15) is 0 Å². The van der Waals surface area contributed by atoms with Gasteiger partial charge in [0.25, 0.3) is 0 Å². The molecule has 0 spiro atoms. The molecule has 0 saturated carbocycles. The molecule has 1 fully saturated rings. The summed E-state index contributed by atoms with van der Waals surface area (Å²) in [6, 6.07) is 7.29. The van der Waals surface area contributed by atoms with Crippen molar-refractivity contribution in [2.45, 2.75) is 65.2 Å². The highest BCUT2D eigenvalue weighted by molar-refractivity contribution is 5.84. The molecule has 0 N–H and O–H groups in total. The van der Waals surface area contributed by atoms with E-state index >= 15 is 0 Å². The van der Waals surface area contributed by atoms with Crippen LogP contribution < -0.4 is 4.74 Å². The molecule has 1 aliphatic heterocycles. The standard InChI is InChI=1S/C20H27NO3.C2H6/c1-3-5-9-18(20(23)21-14-7-6-8-15-21)16-10-12-17(13-11-16)24-19(22)4-2;1-2/h4,10-13,18H,2-3,5-9,14-15H2,1H3;1-2H3. The lowest BCUT2D eigenvalue weighted by Gasteiger charge is -2.30. The van der Waals surface area contributed by atoms with Crippen molar-refractivity contribution in [3.63, 3.8) is 0 Å². The molecule has 4 heteroatoms. The van der Waals surface area contributed by atoms with Gasteiger partial charge in [0, 0.05) is 19.2 Å². The molecule has 1 saturated heterocycles. The quantitative estimate of drug-likeness (QED) is 0.387. The number of carbonyl (C=O) groups excluding carboxylic acids is 2. The van der Waals surface area contributed by atoms with E-state index in [0.29, 0.717) is 5.75 Å². The molecule has 144 valence electrons. The molecule has 1 heterocycles. The number of amides is 1. The Morgan fingerprint density at radius 3 is 2.31 bits per heavy atom. The first kappa shape index (κ1) is 21.9. The second-order valence-corrected chi connectivity index (χ2v) is 6.28. The third-order valence-electron chi connectivity index (χ3n) is 4.48. The van der Waals surface area contributed by atoms with Gasteiger partial charge in [0.15, 0.2) is 0 Å². The van der Waals surface area contributed by atoms with E-state index in [1.165, 1.54) is 6.42 Å². The molecule has 0 bridgehead atoms. The summed E-state index contributed by atoms with van der Waals surface area (Å²) in [5, 5.41) is 0. The Morgan fingerprint density at radius 2 is 1.77 bits per heavy atom. The van der Waals surface area contributed by atoms with E-state index in [4.69, 9.17) is 4.74 Å². The van der Waals surface area contributed by atoms with Crippen molar-refractivity contribution in [3.05, 3.63) is 42.5 Å². The summed E-state index contributed by atoms with van der Waals surface area (Å²) in [4.78, 5) is 26.2. The number of hydrogen-bond donors (Lipinski definition) is 0. The van der Waals surface area contributed by atoms with Gasteiger partial charge in [0.2, 0.25) is 5.91 Å². The molecule has 26 heavy (non-hydrogen) atoms. The van der Waals surface area contributed by atoms with Gasteiger partial charge in [0.05, 0.1) is 5.92 Å². The van der Waals surface area contributed by atoms with E-state index in [1.54, 1.807) is 12.1 Å². The van der Waals surface area contributed by atoms with Crippen molar-refractivity contribution < 1.29 is 14.3 Å². The first-order chi connectivity index (χ1) is 12.7. The normalized spacial score (nSPS) is 14.7. The first-order valence-corrected chi connectivity index (χ1v) is 9.88. The Labute approximate surface area is 158 Å². The van der Waals surface area contributed by atoms with Crippen LogP contribution in [0.5, 0.6) is 5.75 Å². The second-order valence-electron chi connectivity index (χ2n) is 6.28. The van der Waals surface area contributed by atoms with Crippen LogP contribution in [0.2, 0.25) is 0 Å². The van der Waals surface area contributed by atoms with Gasteiger partial charge in [-0.25, -0.2) is 4.79 Å². The summed E-state index contributed by atoms with van der Waals surface area (Å²) in [5.41, 5.74) is 0.998. The minimum atomic E-state index is -0.477. The molecule has 0 radical (unpaired) electrons. The Hall–Kier alpha value is -2.10. The van der Waals surface area contributed by atoms with Gasteiger partial charge >= 0.3 is 5.97 Å². The van der Waals surface area contributed by atoms with Crippen molar-refractivity contribution in [2.24, 2.45) is 0 Å². The predicted molar refractivity (Wildman–Crippen MR) is 106 cm³/mol. The largest absolute Gasteiger partial charge is 0.423 e. The maximum absolute atomic E-state index is 12.9. The Balaban J connectivity index is 0.00000163. The molecule has 4 nitrogen and oxygen atoms in total. The monoisotopic (exact) mass is 359 g/mol. The van der Waals surface area contributed by atoms with Crippen LogP contribution in [-0.2, 0) is 9.59 Å². The predicted octanol–water partition coefficient (Wildman–Crippen LogP) is 5.09. The summed E-state index contributed by atoms with van der Waals surface area (Å²) in [7, 11) is 0. The lowest BCUT2D eigenvalue weighted by atomic mass is 9.91. The highest BCUT2D eigenvalue weighted by Gasteiger charge is 2.26. The fourth-order valence-corrected chi connectivity index (χ4v) is 3.10. The third kappa shape index (κ3) is 6.66. The highest BCUT2D eigenvalue weighted by Crippen LogP contribution is 2.28.